The number of nitrogens with zero attached hydrogens (tertiary/aromatic N) is 1. The van der Waals surface area contributed by atoms with E-state index in [2.05, 4.69) is 52.7 Å². The summed E-state index contributed by atoms with van der Waals surface area (Å²) in [5, 5.41) is 2.91. The highest BCUT2D eigenvalue weighted by molar-refractivity contribution is 7.09. The van der Waals surface area contributed by atoms with Crippen LogP contribution in [-0.2, 0) is 26.2 Å². The smallest absolute Gasteiger partial charge is 0.0409 e. The van der Waals surface area contributed by atoms with E-state index in [1.807, 2.05) is 18.2 Å². The summed E-state index contributed by atoms with van der Waals surface area (Å²) in [6.45, 7) is 3.26. The van der Waals surface area contributed by atoms with Crippen molar-refractivity contribution in [3.63, 3.8) is 0 Å². The monoisotopic (exact) mass is 356 g/mol. The molecule has 1 aromatic heterocycles. The lowest BCUT2D eigenvalue weighted by atomic mass is 10.1. The molecule has 0 bridgehead atoms. The minimum atomic E-state index is 0.576. The molecule has 0 spiro atoms. The molecule has 24 heavy (non-hydrogen) atoms. The quantitative estimate of drug-likeness (QED) is 0.640. The molecule has 0 saturated heterocycles. The van der Waals surface area contributed by atoms with Crippen molar-refractivity contribution >= 4 is 22.9 Å². The van der Waals surface area contributed by atoms with Gasteiger partial charge < -0.3 is 5.73 Å². The highest BCUT2D eigenvalue weighted by Crippen LogP contribution is 2.19. The molecule has 4 heteroatoms. The average Bonchev–Trinajstić information content (AvgIpc) is 3.08. The summed E-state index contributed by atoms with van der Waals surface area (Å²) >= 11 is 7.94. The van der Waals surface area contributed by atoms with Crippen molar-refractivity contribution in [2.45, 2.75) is 26.2 Å². The van der Waals surface area contributed by atoms with E-state index in [0.717, 1.165) is 24.7 Å². The number of benzene rings is 2. The van der Waals surface area contributed by atoms with Crippen molar-refractivity contribution in [1.29, 1.82) is 0 Å². The molecule has 124 valence electrons. The summed E-state index contributed by atoms with van der Waals surface area (Å²) in [5.41, 5.74) is 9.46. The maximum absolute atomic E-state index is 6.14. The van der Waals surface area contributed by atoms with Crippen LogP contribution in [-0.4, -0.2) is 4.90 Å². The van der Waals surface area contributed by atoms with Gasteiger partial charge in [0.1, 0.15) is 0 Å². The lowest BCUT2D eigenvalue weighted by Crippen LogP contribution is -2.22. The van der Waals surface area contributed by atoms with E-state index in [1.54, 1.807) is 11.3 Å². The van der Waals surface area contributed by atoms with Crippen LogP contribution < -0.4 is 5.73 Å². The first kappa shape index (κ1) is 17.2. The third-order valence-electron chi connectivity index (χ3n) is 3.89. The average molecular weight is 357 g/mol. The number of halogens is 1. The summed E-state index contributed by atoms with van der Waals surface area (Å²) in [5.74, 6) is 0. The van der Waals surface area contributed by atoms with Gasteiger partial charge in [0.15, 0.2) is 0 Å². The Bertz CT molecular complexity index is 771. The molecule has 1 heterocycles. The predicted octanol–water partition coefficient (Wildman–Crippen LogP) is 5.06. The lowest BCUT2D eigenvalue weighted by molar-refractivity contribution is 0.250. The first-order valence-corrected chi connectivity index (χ1v) is 9.26. The zero-order valence-electron chi connectivity index (χ0n) is 13.5. The Hall–Kier alpha value is -1.65. The molecule has 0 radical (unpaired) electrons. The number of hydrogen-bond donors (Lipinski definition) is 1. The highest BCUT2D eigenvalue weighted by atomic mass is 35.5. The lowest BCUT2D eigenvalue weighted by Gasteiger charge is -2.22. The van der Waals surface area contributed by atoms with Gasteiger partial charge in [-0.3, -0.25) is 4.90 Å². The molecule has 0 aliphatic heterocycles. The summed E-state index contributed by atoms with van der Waals surface area (Å²) in [4.78, 5) is 3.81. The van der Waals surface area contributed by atoms with Crippen molar-refractivity contribution in [2.24, 2.45) is 5.73 Å². The van der Waals surface area contributed by atoms with E-state index >= 15 is 0 Å². The van der Waals surface area contributed by atoms with Gasteiger partial charge >= 0.3 is 0 Å². The largest absolute Gasteiger partial charge is 0.326 e. The number of rotatable bonds is 7. The minimum absolute atomic E-state index is 0.576. The molecule has 3 aromatic rings. The summed E-state index contributed by atoms with van der Waals surface area (Å²) in [7, 11) is 0. The Morgan fingerprint density at radius 3 is 2.21 bits per heavy atom. The first-order valence-electron chi connectivity index (χ1n) is 8.00. The van der Waals surface area contributed by atoms with E-state index in [9.17, 15) is 0 Å². The third kappa shape index (κ3) is 4.92. The van der Waals surface area contributed by atoms with E-state index < -0.39 is 0 Å². The Morgan fingerprint density at radius 2 is 1.54 bits per heavy atom. The zero-order valence-corrected chi connectivity index (χ0v) is 15.1. The van der Waals surface area contributed by atoms with E-state index in [4.69, 9.17) is 17.3 Å². The van der Waals surface area contributed by atoms with Crippen LogP contribution in [0.2, 0.25) is 5.02 Å². The van der Waals surface area contributed by atoms with Crippen molar-refractivity contribution in [3.8, 4) is 0 Å². The second-order valence-corrected chi connectivity index (χ2v) is 7.35. The molecule has 0 unspecified atom stereocenters. The Kier molecular flexibility index (Phi) is 6.05. The fraction of sp³-hybridized carbons (Fsp3) is 0.200. The number of thiophene rings is 1. The van der Waals surface area contributed by atoms with Crippen molar-refractivity contribution in [1.82, 2.24) is 4.90 Å². The van der Waals surface area contributed by atoms with Crippen LogP contribution in [0.4, 0.5) is 0 Å². The van der Waals surface area contributed by atoms with Gasteiger partial charge in [-0.15, -0.1) is 11.3 Å². The van der Waals surface area contributed by atoms with Crippen LogP contribution in [0.15, 0.2) is 66.0 Å². The molecule has 0 atom stereocenters. The standard InChI is InChI=1S/C20H21ClN2S/c21-19-7-2-6-18(11-19)14-23(15-20-8-3-9-24-20)13-17-5-1-4-16(10-17)12-22/h1-11H,12-15,22H2. The first-order chi connectivity index (χ1) is 11.7. The SMILES string of the molecule is NCc1cccc(CN(Cc2cccc(Cl)c2)Cc2cccs2)c1. The molecule has 2 nitrogen and oxygen atoms in total. The van der Waals surface area contributed by atoms with Crippen molar-refractivity contribution < 1.29 is 0 Å². The normalized spacial score (nSPS) is 11.1. The maximum atomic E-state index is 6.14. The van der Waals surface area contributed by atoms with Gasteiger partial charge in [0.25, 0.3) is 0 Å². The fourth-order valence-electron chi connectivity index (χ4n) is 2.80. The van der Waals surface area contributed by atoms with Gasteiger partial charge in [0.2, 0.25) is 0 Å². The molecular formula is C20H21ClN2S. The van der Waals surface area contributed by atoms with Gasteiger partial charge in [-0.2, -0.15) is 0 Å². The van der Waals surface area contributed by atoms with E-state index in [-0.39, 0.29) is 0 Å². The number of hydrogen-bond acceptors (Lipinski definition) is 3. The fourth-order valence-corrected chi connectivity index (χ4v) is 3.76. The van der Waals surface area contributed by atoms with Gasteiger partial charge in [-0.1, -0.05) is 54.1 Å². The van der Waals surface area contributed by atoms with Crippen LogP contribution in [0.3, 0.4) is 0 Å². The molecular weight excluding hydrogens is 336 g/mol. The second-order valence-electron chi connectivity index (χ2n) is 5.88. The summed E-state index contributed by atoms with van der Waals surface area (Å²) < 4.78 is 0. The maximum Gasteiger partial charge on any atom is 0.0409 e. The third-order valence-corrected chi connectivity index (χ3v) is 4.98. The predicted molar refractivity (Wildman–Crippen MR) is 103 cm³/mol. The molecule has 0 fully saturated rings. The van der Waals surface area contributed by atoms with Crippen LogP contribution >= 0.6 is 22.9 Å². The number of nitrogens with two attached hydrogens (primary N) is 1. The van der Waals surface area contributed by atoms with E-state index in [0.29, 0.717) is 6.54 Å². The van der Waals surface area contributed by atoms with Gasteiger partial charge in [0.05, 0.1) is 0 Å². The van der Waals surface area contributed by atoms with Crippen LogP contribution in [0.25, 0.3) is 0 Å². The molecule has 0 aliphatic rings. The van der Waals surface area contributed by atoms with E-state index in [1.165, 1.54) is 21.6 Å². The Balaban J connectivity index is 1.78. The van der Waals surface area contributed by atoms with Gasteiger partial charge in [-0.05, 0) is 40.3 Å². The van der Waals surface area contributed by atoms with Crippen LogP contribution in [0.1, 0.15) is 21.6 Å². The molecule has 0 amide bonds. The molecule has 2 aromatic carbocycles. The van der Waals surface area contributed by atoms with Crippen LogP contribution in [0.5, 0.6) is 0 Å². The summed E-state index contributed by atoms with van der Waals surface area (Å²) in [6, 6.07) is 20.9. The zero-order chi connectivity index (χ0) is 16.8. The highest BCUT2D eigenvalue weighted by Gasteiger charge is 2.10. The molecule has 3 rings (SSSR count). The second kappa shape index (κ2) is 8.45. The Labute approximate surface area is 152 Å². The van der Waals surface area contributed by atoms with Gasteiger partial charge in [0, 0.05) is 36.1 Å². The topological polar surface area (TPSA) is 29.3 Å². The van der Waals surface area contributed by atoms with Gasteiger partial charge in [-0.25, -0.2) is 0 Å². The molecule has 0 aliphatic carbocycles. The molecule has 0 saturated carbocycles. The van der Waals surface area contributed by atoms with Crippen LogP contribution in [0, 0.1) is 0 Å². The molecule has 2 N–H and O–H groups in total. The Morgan fingerprint density at radius 1 is 0.833 bits per heavy atom. The minimum Gasteiger partial charge on any atom is -0.326 e. The summed E-state index contributed by atoms with van der Waals surface area (Å²) in [6.07, 6.45) is 0. The van der Waals surface area contributed by atoms with Crippen molar-refractivity contribution in [3.05, 3.63) is 92.6 Å². The van der Waals surface area contributed by atoms with Crippen molar-refractivity contribution in [2.75, 3.05) is 0 Å².